The summed E-state index contributed by atoms with van der Waals surface area (Å²) in [6.07, 6.45) is 3.89. The summed E-state index contributed by atoms with van der Waals surface area (Å²) in [6, 6.07) is 0. The number of hydrogen-bond acceptors (Lipinski definition) is 4. The fourth-order valence-corrected chi connectivity index (χ4v) is 4.36. The van der Waals surface area contributed by atoms with Gasteiger partial charge in [-0.25, -0.2) is 13.3 Å². The van der Waals surface area contributed by atoms with Crippen molar-refractivity contribution in [3.63, 3.8) is 0 Å². The predicted octanol–water partition coefficient (Wildman–Crippen LogP) is 3.87. The van der Waals surface area contributed by atoms with Gasteiger partial charge in [-0.3, -0.25) is 9.18 Å². The first-order chi connectivity index (χ1) is 15.0. The van der Waals surface area contributed by atoms with E-state index < -0.39 is 36.0 Å². The maximum absolute atomic E-state index is 14.2. The number of rotatable bonds is 8. The zero-order chi connectivity index (χ0) is 23.7. The number of likely N-dealkylation sites (N-methyl/N-ethyl adjacent to an activating group) is 1. The molecule has 0 aromatic carbocycles. The van der Waals surface area contributed by atoms with E-state index in [1.807, 2.05) is 0 Å². The highest BCUT2D eigenvalue weighted by Gasteiger charge is 2.49. The number of carbonyl (C=O) groups is 1. The minimum absolute atomic E-state index is 0.0731. The Morgan fingerprint density at radius 3 is 2.88 bits per heavy atom. The number of nitrogens with two attached hydrogens (primary N) is 1. The molecule has 10 heteroatoms. The Hall–Kier alpha value is -2.10. The van der Waals surface area contributed by atoms with Crippen molar-refractivity contribution in [1.82, 2.24) is 5.32 Å². The van der Waals surface area contributed by atoms with Gasteiger partial charge >= 0.3 is 5.91 Å². The van der Waals surface area contributed by atoms with Gasteiger partial charge in [0.05, 0.1) is 24.7 Å². The van der Waals surface area contributed by atoms with Crippen LogP contribution in [0.3, 0.4) is 0 Å². The lowest BCUT2D eigenvalue weighted by Gasteiger charge is -2.32. The quantitative estimate of drug-likeness (QED) is 0.525. The number of aliphatic imine (C=N–C) groups is 1. The molecule has 4 unspecified atom stereocenters. The van der Waals surface area contributed by atoms with Gasteiger partial charge in [-0.05, 0) is 33.1 Å². The average Bonchev–Trinajstić information content (AvgIpc) is 2.95. The average molecular weight is 474 g/mol. The minimum Gasteiger partial charge on any atom is -0.485 e. The molecule has 32 heavy (non-hydrogen) atoms. The van der Waals surface area contributed by atoms with Crippen molar-refractivity contribution in [2.45, 2.75) is 44.8 Å². The van der Waals surface area contributed by atoms with Crippen molar-refractivity contribution >= 4 is 23.3 Å². The first-order valence-corrected chi connectivity index (χ1v) is 10.9. The molecule has 0 aromatic heterocycles. The number of nitrogens with zero attached hydrogens (tertiary/aromatic N) is 2. The van der Waals surface area contributed by atoms with Crippen LogP contribution in [0.4, 0.5) is 13.2 Å². The SMILES string of the molecule is CC1=C(C(=O)NCC(C)(N)CCF)[N+]2(C)C=C(Cl)C=C(OCC3C(F)=CCCC3F)C2=N1. The number of carbonyl (C=O) groups excluding carboxylic acids is 1. The molecule has 0 bridgehead atoms. The lowest BCUT2D eigenvalue weighted by Crippen LogP contribution is -2.52. The number of amidine groups is 1. The summed E-state index contributed by atoms with van der Waals surface area (Å²) in [5.41, 5.74) is 5.86. The summed E-state index contributed by atoms with van der Waals surface area (Å²) in [5, 5.41) is 3.04. The summed E-state index contributed by atoms with van der Waals surface area (Å²) < 4.78 is 46.6. The second-order valence-corrected chi connectivity index (χ2v) is 9.28. The molecule has 1 aliphatic carbocycles. The zero-order valence-corrected chi connectivity index (χ0v) is 19.2. The van der Waals surface area contributed by atoms with Gasteiger partial charge in [0, 0.05) is 18.2 Å². The number of allylic oxidation sites excluding steroid dienone is 4. The topological polar surface area (TPSA) is 76.7 Å². The molecular weight excluding hydrogens is 445 g/mol. The van der Waals surface area contributed by atoms with E-state index in [-0.39, 0.29) is 36.2 Å². The number of ether oxygens (including phenoxy) is 1. The number of alkyl halides is 2. The number of amides is 1. The molecule has 3 N–H and O–H groups in total. The number of fused-ring (bicyclic) bond motifs is 1. The number of hydrogen-bond donors (Lipinski definition) is 2. The molecule has 2 heterocycles. The van der Waals surface area contributed by atoms with Crippen LogP contribution < -0.4 is 11.1 Å². The molecule has 0 saturated carbocycles. The third-order valence-electron chi connectivity index (χ3n) is 5.92. The second kappa shape index (κ2) is 9.41. The van der Waals surface area contributed by atoms with Crippen LogP contribution >= 0.6 is 11.6 Å². The van der Waals surface area contributed by atoms with Crippen molar-refractivity contribution in [2.24, 2.45) is 16.6 Å². The summed E-state index contributed by atoms with van der Waals surface area (Å²) in [4.78, 5) is 17.5. The van der Waals surface area contributed by atoms with Crippen LogP contribution in [0, 0.1) is 5.92 Å². The number of halogens is 4. The summed E-state index contributed by atoms with van der Waals surface area (Å²) in [6.45, 7) is 2.60. The smallest absolute Gasteiger partial charge is 0.308 e. The van der Waals surface area contributed by atoms with E-state index in [4.69, 9.17) is 22.1 Å². The summed E-state index contributed by atoms with van der Waals surface area (Å²) >= 11 is 6.31. The summed E-state index contributed by atoms with van der Waals surface area (Å²) in [5.74, 6) is -1.32. The van der Waals surface area contributed by atoms with E-state index in [9.17, 15) is 18.0 Å². The molecule has 0 aromatic rings. The molecule has 0 spiro atoms. The number of quaternary nitrogens is 1. The Morgan fingerprint density at radius 1 is 1.50 bits per heavy atom. The highest BCUT2D eigenvalue weighted by atomic mass is 35.5. The van der Waals surface area contributed by atoms with E-state index in [0.29, 0.717) is 28.7 Å². The van der Waals surface area contributed by atoms with Gasteiger partial charge in [-0.1, -0.05) is 17.7 Å². The van der Waals surface area contributed by atoms with Crippen LogP contribution in [-0.4, -0.2) is 54.8 Å². The molecule has 0 radical (unpaired) electrons. The van der Waals surface area contributed by atoms with Crippen molar-refractivity contribution in [3.8, 4) is 0 Å². The third kappa shape index (κ3) is 4.94. The maximum Gasteiger partial charge on any atom is 0.308 e. The molecular formula is C22H29ClF3N4O2+. The largest absolute Gasteiger partial charge is 0.485 e. The Kier molecular flexibility index (Phi) is 7.21. The second-order valence-electron chi connectivity index (χ2n) is 8.84. The Labute approximate surface area is 190 Å². The lowest BCUT2D eigenvalue weighted by molar-refractivity contribution is -0.716. The van der Waals surface area contributed by atoms with E-state index in [0.717, 1.165) is 0 Å². The van der Waals surface area contributed by atoms with E-state index in [1.165, 1.54) is 12.2 Å². The Bertz CT molecular complexity index is 941. The maximum atomic E-state index is 14.2. The van der Waals surface area contributed by atoms with Crippen LogP contribution in [0.15, 0.2) is 51.4 Å². The number of nitrogens with one attached hydrogen (secondary N) is 1. The van der Waals surface area contributed by atoms with Crippen molar-refractivity contribution in [2.75, 3.05) is 26.9 Å². The Morgan fingerprint density at radius 2 is 2.22 bits per heavy atom. The normalized spacial score (nSPS) is 29.4. The van der Waals surface area contributed by atoms with Gasteiger partial charge < -0.3 is 15.8 Å². The lowest BCUT2D eigenvalue weighted by atomic mass is 9.93. The van der Waals surface area contributed by atoms with E-state index >= 15 is 0 Å². The minimum atomic E-state index is -1.34. The molecule has 2 aliphatic heterocycles. The predicted molar refractivity (Wildman–Crippen MR) is 117 cm³/mol. The van der Waals surface area contributed by atoms with Gasteiger partial charge in [0.2, 0.25) is 11.5 Å². The van der Waals surface area contributed by atoms with Crippen molar-refractivity contribution < 1.29 is 27.2 Å². The van der Waals surface area contributed by atoms with Gasteiger partial charge in [-0.2, -0.15) is 4.99 Å². The molecule has 1 amide bonds. The van der Waals surface area contributed by atoms with E-state index in [2.05, 4.69) is 10.3 Å². The monoisotopic (exact) mass is 473 g/mol. The summed E-state index contributed by atoms with van der Waals surface area (Å²) in [7, 11) is 1.71. The molecule has 6 nitrogen and oxygen atoms in total. The van der Waals surface area contributed by atoms with Crippen LogP contribution in [0.5, 0.6) is 0 Å². The van der Waals surface area contributed by atoms with Gasteiger partial charge in [-0.15, -0.1) is 0 Å². The first kappa shape index (κ1) is 24.5. The molecule has 3 aliphatic rings. The van der Waals surface area contributed by atoms with Gasteiger partial charge in [0.1, 0.15) is 30.5 Å². The van der Waals surface area contributed by atoms with Crippen LogP contribution in [-0.2, 0) is 9.53 Å². The van der Waals surface area contributed by atoms with E-state index in [1.54, 1.807) is 27.1 Å². The van der Waals surface area contributed by atoms with Crippen LogP contribution in [0.1, 0.15) is 33.1 Å². The van der Waals surface area contributed by atoms with Gasteiger partial charge in [0.15, 0.2) is 0 Å². The molecule has 0 saturated heterocycles. The zero-order valence-electron chi connectivity index (χ0n) is 18.4. The molecule has 176 valence electrons. The molecule has 3 rings (SSSR count). The standard InChI is InChI=1S/C22H28ClF3N4O2/c1-13-19(21(31)28-12-22(2,27)7-8-24)30(3)10-14(23)9-18(20(30)29-13)32-11-15-16(25)5-4-6-17(15)26/h5,9-10,15,17H,4,6-8,11-12,27H2,1-3H3/p+1. The highest BCUT2D eigenvalue weighted by molar-refractivity contribution is 6.31. The molecule has 0 fully saturated rings. The van der Waals surface area contributed by atoms with Crippen molar-refractivity contribution in [3.05, 3.63) is 46.4 Å². The van der Waals surface area contributed by atoms with Crippen LogP contribution in [0.2, 0.25) is 0 Å². The third-order valence-corrected chi connectivity index (χ3v) is 6.12. The van der Waals surface area contributed by atoms with Crippen LogP contribution in [0.25, 0.3) is 0 Å². The highest BCUT2D eigenvalue weighted by Crippen LogP contribution is 2.38. The Balaban J connectivity index is 1.77. The first-order valence-electron chi connectivity index (χ1n) is 10.5. The molecule has 4 atom stereocenters. The fraction of sp³-hybridized carbons (Fsp3) is 0.545. The van der Waals surface area contributed by atoms with Crippen molar-refractivity contribution in [1.29, 1.82) is 0 Å². The fourth-order valence-electron chi connectivity index (χ4n) is 4.06. The van der Waals surface area contributed by atoms with Gasteiger partial charge in [0.25, 0.3) is 5.84 Å².